The molecule has 1 saturated heterocycles. The molecular formula is C16H24N2O2S. The molecule has 0 radical (unpaired) electrons. The molecule has 2 rings (SSSR count). The Morgan fingerprint density at radius 3 is 2.81 bits per heavy atom. The largest absolute Gasteiger partial charge is 0.444 e. The first-order chi connectivity index (χ1) is 9.90. The Kier molecular flexibility index (Phi) is 5.14. The van der Waals surface area contributed by atoms with Gasteiger partial charge in [0, 0.05) is 12.7 Å². The molecule has 0 aliphatic carbocycles. The third kappa shape index (κ3) is 4.37. The smallest absolute Gasteiger partial charge is 0.410 e. The highest BCUT2D eigenvalue weighted by Gasteiger charge is 2.33. The summed E-state index contributed by atoms with van der Waals surface area (Å²) in [5.41, 5.74) is 0.642. The summed E-state index contributed by atoms with van der Waals surface area (Å²) in [5, 5.41) is 1.03. The predicted octanol–water partition coefficient (Wildman–Crippen LogP) is 4.27. The van der Waals surface area contributed by atoms with Crippen molar-refractivity contribution in [3.63, 3.8) is 0 Å². The van der Waals surface area contributed by atoms with Crippen molar-refractivity contribution in [2.45, 2.75) is 57.2 Å². The molecule has 0 bridgehead atoms. The fourth-order valence-electron chi connectivity index (χ4n) is 2.47. The zero-order valence-electron chi connectivity index (χ0n) is 13.3. The molecule has 2 heterocycles. The van der Waals surface area contributed by atoms with Gasteiger partial charge in [0.2, 0.25) is 0 Å². The summed E-state index contributed by atoms with van der Waals surface area (Å²) < 4.78 is 5.50. The van der Waals surface area contributed by atoms with E-state index in [0.717, 1.165) is 35.7 Å². The van der Waals surface area contributed by atoms with Gasteiger partial charge in [-0.25, -0.2) is 9.78 Å². The molecule has 0 unspecified atom stereocenters. The van der Waals surface area contributed by atoms with E-state index in [1.165, 1.54) is 0 Å². The van der Waals surface area contributed by atoms with Crippen LogP contribution in [0.15, 0.2) is 23.4 Å². The Bertz CT molecular complexity index is 482. The molecule has 5 heteroatoms. The second kappa shape index (κ2) is 6.69. The lowest BCUT2D eigenvalue weighted by atomic mass is 10.1. The summed E-state index contributed by atoms with van der Waals surface area (Å²) in [6.07, 6.45) is 3.65. The molecule has 0 saturated carbocycles. The number of hydrogen-bond acceptors (Lipinski definition) is 4. The maximum Gasteiger partial charge on any atom is 0.410 e. The maximum absolute atomic E-state index is 12.3. The lowest BCUT2D eigenvalue weighted by Gasteiger charge is -2.28. The van der Waals surface area contributed by atoms with Crippen LogP contribution in [0.3, 0.4) is 0 Å². The second-order valence-electron chi connectivity index (χ2n) is 6.19. The highest BCUT2D eigenvalue weighted by Crippen LogP contribution is 2.33. The van der Waals surface area contributed by atoms with Crippen molar-refractivity contribution in [1.29, 1.82) is 0 Å². The first-order valence-corrected chi connectivity index (χ1v) is 8.47. The lowest BCUT2D eigenvalue weighted by molar-refractivity contribution is 0.0224. The normalized spacial score (nSPS) is 18.9. The van der Waals surface area contributed by atoms with E-state index in [1.807, 2.05) is 37.9 Å². The van der Waals surface area contributed by atoms with Crippen molar-refractivity contribution in [2.24, 2.45) is 0 Å². The third-order valence-electron chi connectivity index (χ3n) is 3.32. The van der Waals surface area contributed by atoms with Gasteiger partial charge in [0.05, 0.1) is 11.1 Å². The van der Waals surface area contributed by atoms with E-state index in [2.05, 4.69) is 18.0 Å². The Labute approximate surface area is 131 Å². The van der Waals surface area contributed by atoms with E-state index in [4.69, 9.17) is 4.74 Å². The van der Waals surface area contributed by atoms with E-state index in [0.29, 0.717) is 0 Å². The molecule has 1 aliphatic heterocycles. The Hall–Kier alpha value is -1.23. The van der Waals surface area contributed by atoms with Crippen LogP contribution in [0, 0.1) is 0 Å². The summed E-state index contributed by atoms with van der Waals surface area (Å²) in [5.74, 6) is 1.01. The van der Waals surface area contributed by atoms with Gasteiger partial charge in [-0.1, -0.05) is 13.0 Å². The molecule has 1 aromatic rings. The van der Waals surface area contributed by atoms with Crippen LogP contribution in [0.5, 0.6) is 0 Å². The van der Waals surface area contributed by atoms with Gasteiger partial charge in [0.25, 0.3) is 0 Å². The van der Waals surface area contributed by atoms with Crippen molar-refractivity contribution < 1.29 is 9.53 Å². The molecular weight excluding hydrogens is 284 g/mol. The Morgan fingerprint density at radius 2 is 2.24 bits per heavy atom. The highest BCUT2D eigenvalue weighted by molar-refractivity contribution is 7.99. The average Bonchev–Trinajstić information content (AvgIpc) is 2.87. The minimum absolute atomic E-state index is 0.0908. The van der Waals surface area contributed by atoms with Gasteiger partial charge >= 0.3 is 6.09 Å². The van der Waals surface area contributed by atoms with Crippen molar-refractivity contribution in [3.8, 4) is 0 Å². The van der Waals surface area contributed by atoms with Crippen molar-refractivity contribution in [2.75, 3.05) is 12.3 Å². The van der Waals surface area contributed by atoms with Crippen LogP contribution in [0.2, 0.25) is 0 Å². The van der Waals surface area contributed by atoms with Gasteiger partial charge < -0.3 is 9.64 Å². The fraction of sp³-hybridized carbons (Fsp3) is 0.625. The zero-order valence-corrected chi connectivity index (χ0v) is 14.1. The van der Waals surface area contributed by atoms with Gasteiger partial charge in [-0.15, -0.1) is 11.8 Å². The molecule has 1 amide bonds. The standard InChI is InChI=1S/C16H24N2O2S/c1-5-21-14-9-8-12(11-17-14)13-7-6-10-18(13)15(19)20-16(2,3)4/h8-9,11,13H,5-7,10H2,1-4H3/t13-/m1/s1. The number of carbonyl (C=O) groups excluding carboxylic acids is 1. The molecule has 1 atom stereocenters. The van der Waals surface area contributed by atoms with Crippen molar-refractivity contribution >= 4 is 17.9 Å². The van der Waals surface area contributed by atoms with E-state index in [9.17, 15) is 4.79 Å². The quantitative estimate of drug-likeness (QED) is 0.782. The summed E-state index contributed by atoms with van der Waals surface area (Å²) in [4.78, 5) is 18.6. The number of ether oxygens (including phenoxy) is 1. The molecule has 4 nitrogen and oxygen atoms in total. The van der Waals surface area contributed by atoms with E-state index in [-0.39, 0.29) is 12.1 Å². The number of nitrogens with zero attached hydrogens (tertiary/aromatic N) is 2. The van der Waals surface area contributed by atoms with Crippen LogP contribution in [-0.4, -0.2) is 33.9 Å². The Morgan fingerprint density at radius 1 is 1.48 bits per heavy atom. The summed E-state index contributed by atoms with van der Waals surface area (Å²) in [7, 11) is 0. The summed E-state index contributed by atoms with van der Waals surface area (Å²) in [6, 6.07) is 4.21. The number of likely N-dealkylation sites (tertiary alicyclic amines) is 1. The summed E-state index contributed by atoms with van der Waals surface area (Å²) >= 11 is 1.73. The first kappa shape index (κ1) is 16.1. The number of aromatic nitrogens is 1. The number of thioether (sulfide) groups is 1. The van der Waals surface area contributed by atoms with Crippen molar-refractivity contribution in [1.82, 2.24) is 9.88 Å². The number of amides is 1. The topological polar surface area (TPSA) is 42.4 Å². The van der Waals surface area contributed by atoms with Gasteiger partial charge in [-0.3, -0.25) is 0 Å². The fourth-order valence-corrected chi connectivity index (χ4v) is 3.06. The molecule has 1 aromatic heterocycles. The van der Waals surface area contributed by atoms with Gasteiger partial charge in [-0.05, 0) is 51.0 Å². The van der Waals surface area contributed by atoms with Crippen LogP contribution < -0.4 is 0 Å². The maximum atomic E-state index is 12.3. The van der Waals surface area contributed by atoms with E-state index in [1.54, 1.807) is 11.8 Å². The van der Waals surface area contributed by atoms with Crippen LogP contribution in [0.1, 0.15) is 52.1 Å². The van der Waals surface area contributed by atoms with Gasteiger partial charge in [0.15, 0.2) is 0 Å². The van der Waals surface area contributed by atoms with E-state index < -0.39 is 5.60 Å². The Balaban J connectivity index is 2.09. The number of rotatable bonds is 3. The average molecular weight is 308 g/mol. The lowest BCUT2D eigenvalue weighted by Crippen LogP contribution is -2.36. The van der Waals surface area contributed by atoms with Crippen LogP contribution in [0.25, 0.3) is 0 Å². The minimum atomic E-state index is -0.454. The number of pyridine rings is 1. The molecule has 0 aromatic carbocycles. The summed E-state index contributed by atoms with van der Waals surface area (Å²) in [6.45, 7) is 8.56. The van der Waals surface area contributed by atoms with Gasteiger partial charge in [0.1, 0.15) is 5.60 Å². The third-order valence-corrected chi connectivity index (χ3v) is 4.14. The molecule has 0 spiro atoms. The predicted molar refractivity (Wildman–Crippen MR) is 85.6 cm³/mol. The van der Waals surface area contributed by atoms with Crippen LogP contribution in [-0.2, 0) is 4.74 Å². The number of hydrogen-bond donors (Lipinski definition) is 0. The monoisotopic (exact) mass is 308 g/mol. The van der Waals surface area contributed by atoms with Crippen LogP contribution >= 0.6 is 11.8 Å². The second-order valence-corrected chi connectivity index (χ2v) is 7.48. The highest BCUT2D eigenvalue weighted by atomic mass is 32.2. The SMILES string of the molecule is CCSc1ccc([C@H]2CCCN2C(=O)OC(C)(C)C)cn1. The van der Waals surface area contributed by atoms with Crippen LogP contribution in [0.4, 0.5) is 4.79 Å². The number of carbonyl (C=O) groups is 1. The minimum Gasteiger partial charge on any atom is -0.444 e. The molecule has 1 fully saturated rings. The van der Waals surface area contributed by atoms with Crippen molar-refractivity contribution in [3.05, 3.63) is 23.9 Å². The zero-order chi connectivity index (χ0) is 15.5. The molecule has 0 N–H and O–H groups in total. The first-order valence-electron chi connectivity index (χ1n) is 7.49. The van der Waals surface area contributed by atoms with E-state index >= 15 is 0 Å². The van der Waals surface area contributed by atoms with Gasteiger partial charge in [-0.2, -0.15) is 0 Å². The molecule has 21 heavy (non-hydrogen) atoms. The molecule has 1 aliphatic rings. The molecule has 116 valence electrons.